The number of fused-ring (bicyclic) bond motifs is 1. The van der Waals surface area contributed by atoms with Crippen LogP contribution in [0.25, 0.3) is 16.8 Å². The second-order valence-corrected chi connectivity index (χ2v) is 6.49. The molecule has 0 saturated heterocycles. The Morgan fingerprint density at radius 3 is 2.63 bits per heavy atom. The predicted octanol–water partition coefficient (Wildman–Crippen LogP) is 5.17. The molecule has 1 N–H and O–H groups in total. The van der Waals surface area contributed by atoms with E-state index in [9.17, 15) is 18.0 Å². The topological polar surface area (TPSA) is 55.6 Å². The third-order valence-corrected chi connectivity index (χ3v) is 4.57. The molecule has 0 unspecified atom stereocenters. The maximum Gasteiger partial charge on any atom is 0.416 e. The molecule has 2 aromatic carbocycles. The molecule has 2 aromatic heterocycles. The number of halogens is 3. The van der Waals surface area contributed by atoms with Gasteiger partial charge in [0.15, 0.2) is 0 Å². The van der Waals surface area contributed by atoms with E-state index in [0.717, 1.165) is 23.4 Å². The number of aromatic nitrogens is 2. The van der Waals surface area contributed by atoms with Crippen LogP contribution in [0.15, 0.2) is 73.1 Å². The molecule has 4 rings (SSSR count). The Bertz CT molecular complexity index is 1230. The summed E-state index contributed by atoms with van der Waals surface area (Å²) in [4.78, 5) is 16.1. The number of amides is 1. The van der Waals surface area contributed by atoms with Crippen molar-refractivity contribution in [2.75, 3.05) is 7.05 Å². The molecule has 0 aliphatic heterocycles. The molecule has 0 bridgehead atoms. The van der Waals surface area contributed by atoms with Crippen molar-refractivity contribution >= 4 is 11.4 Å². The fourth-order valence-electron chi connectivity index (χ4n) is 3.14. The van der Waals surface area contributed by atoms with Gasteiger partial charge in [-0.2, -0.15) is 13.2 Å². The smallest absolute Gasteiger partial charge is 0.416 e. The molecule has 0 fully saturated rings. The lowest BCUT2D eigenvalue weighted by molar-refractivity contribution is -0.137. The number of ether oxygens (including phenoxy) is 1. The molecule has 8 heteroatoms. The van der Waals surface area contributed by atoms with Crippen LogP contribution < -0.4 is 10.1 Å². The molecule has 0 spiro atoms. The van der Waals surface area contributed by atoms with E-state index in [1.807, 2.05) is 12.1 Å². The third-order valence-electron chi connectivity index (χ3n) is 4.57. The van der Waals surface area contributed by atoms with Crippen molar-refractivity contribution < 1.29 is 22.7 Å². The number of carbonyl (C=O) groups excluding carboxylic acids is 1. The first-order valence-corrected chi connectivity index (χ1v) is 9.00. The fourth-order valence-corrected chi connectivity index (χ4v) is 3.14. The Labute approximate surface area is 169 Å². The molecule has 5 nitrogen and oxygen atoms in total. The SMILES string of the molecule is CNC(=O)c1cccc(-c2ccc3c(Oc4cccc(C(F)(F)F)c4)nccn23)c1. The highest BCUT2D eigenvalue weighted by molar-refractivity contribution is 5.95. The minimum atomic E-state index is -4.46. The molecule has 4 aromatic rings. The van der Waals surface area contributed by atoms with Gasteiger partial charge in [-0.1, -0.05) is 18.2 Å². The maximum atomic E-state index is 13.0. The van der Waals surface area contributed by atoms with Gasteiger partial charge in [-0.3, -0.25) is 4.79 Å². The summed E-state index contributed by atoms with van der Waals surface area (Å²) in [6, 6.07) is 15.3. The van der Waals surface area contributed by atoms with Gasteiger partial charge < -0.3 is 14.5 Å². The van der Waals surface area contributed by atoms with Crippen LogP contribution in [0.1, 0.15) is 15.9 Å². The molecule has 0 radical (unpaired) electrons. The maximum absolute atomic E-state index is 13.0. The molecule has 152 valence electrons. The Hall–Kier alpha value is -3.81. The van der Waals surface area contributed by atoms with Crippen LogP contribution in [0.4, 0.5) is 13.2 Å². The summed E-state index contributed by atoms with van der Waals surface area (Å²) in [5.41, 5.74) is 1.88. The molecule has 0 atom stereocenters. The van der Waals surface area contributed by atoms with E-state index >= 15 is 0 Å². The van der Waals surface area contributed by atoms with E-state index in [-0.39, 0.29) is 17.5 Å². The number of alkyl halides is 3. The molecule has 1 amide bonds. The van der Waals surface area contributed by atoms with Crippen molar-refractivity contribution in [3.63, 3.8) is 0 Å². The largest absolute Gasteiger partial charge is 0.437 e. The van der Waals surface area contributed by atoms with Crippen LogP contribution in [0.2, 0.25) is 0 Å². The van der Waals surface area contributed by atoms with Gasteiger partial charge in [0.1, 0.15) is 11.3 Å². The van der Waals surface area contributed by atoms with E-state index in [0.29, 0.717) is 11.1 Å². The minimum absolute atomic E-state index is 0.0368. The van der Waals surface area contributed by atoms with Gasteiger partial charge in [0.05, 0.1) is 11.3 Å². The first kappa shape index (κ1) is 19.5. The van der Waals surface area contributed by atoms with Gasteiger partial charge in [0.25, 0.3) is 5.91 Å². The van der Waals surface area contributed by atoms with E-state index < -0.39 is 11.7 Å². The lowest BCUT2D eigenvalue weighted by Gasteiger charge is -2.11. The molecule has 0 aliphatic rings. The van der Waals surface area contributed by atoms with E-state index in [2.05, 4.69) is 10.3 Å². The number of hydrogen-bond donors (Lipinski definition) is 1. The van der Waals surface area contributed by atoms with E-state index in [1.54, 1.807) is 41.9 Å². The van der Waals surface area contributed by atoms with Gasteiger partial charge in [-0.15, -0.1) is 0 Å². The summed E-state index contributed by atoms with van der Waals surface area (Å²) < 4.78 is 46.4. The van der Waals surface area contributed by atoms with Gasteiger partial charge in [-0.05, 0) is 48.0 Å². The number of benzene rings is 2. The Balaban J connectivity index is 1.72. The fraction of sp³-hybridized carbons (Fsp3) is 0.0909. The summed E-state index contributed by atoms with van der Waals surface area (Å²) in [7, 11) is 1.56. The summed E-state index contributed by atoms with van der Waals surface area (Å²) in [5.74, 6) is 0.00765. The number of nitrogens with one attached hydrogen (secondary N) is 1. The van der Waals surface area contributed by atoms with Crippen LogP contribution in [0.3, 0.4) is 0 Å². The first-order valence-electron chi connectivity index (χ1n) is 9.00. The lowest BCUT2D eigenvalue weighted by atomic mass is 10.1. The zero-order valence-corrected chi connectivity index (χ0v) is 15.8. The summed E-state index contributed by atoms with van der Waals surface area (Å²) in [5, 5.41) is 2.59. The van der Waals surface area contributed by atoms with Gasteiger partial charge >= 0.3 is 6.18 Å². The average Bonchev–Trinajstić information content (AvgIpc) is 3.18. The lowest BCUT2D eigenvalue weighted by Crippen LogP contribution is -2.17. The van der Waals surface area contributed by atoms with E-state index in [1.165, 1.54) is 18.3 Å². The number of carbonyl (C=O) groups is 1. The molecule has 30 heavy (non-hydrogen) atoms. The Morgan fingerprint density at radius 1 is 1.07 bits per heavy atom. The van der Waals surface area contributed by atoms with Crippen molar-refractivity contribution in [1.29, 1.82) is 0 Å². The van der Waals surface area contributed by atoms with Crippen molar-refractivity contribution in [3.05, 3.63) is 84.2 Å². The van der Waals surface area contributed by atoms with Gasteiger partial charge in [0.2, 0.25) is 5.88 Å². The van der Waals surface area contributed by atoms with Crippen LogP contribution in [-0.2, 0) is 6.18 Å². The van der Waals surface area contributed by atoms with Crippen LogP contribution >= 0.6 is 0 Å². The summed E-state index contributed by atoms with van der Waals surface area (Å²) in [6.07, 6.45) is -1.24. The average molecular weight is 411 g/mol. The highest BCUT2D eigenvalue weighted by Crippen LogP contribution is 2.34. The molecular formula is C22H16F3N3O2. The van der Waals surface area contributed by atoms with Gasteiger partial charge in [0, 0.05) is 25.0 Å². The first-order chi connectivity index (χ1) is 14.4. The van der Waals surface area contributed by atoms with Crippen LogP contribution in [-0.4, -0.2) is 22.3 Å². The number of rotatable bonds is 4. The van der Waals surface area contributed by atoms with Crippen LogP contribution in [0.5, 0.6) is 11.6 Å². The highest BCUT2D eigenvalue weighted by Gasteiger charge is 2.30. The molecule has 0 aliphatic carbocycles. The molecule has 2 heterocycles. The van der Waals surface area contributed by atoms with Crippen LogP contribution in [0, 0.1) is 0 Å². The van der Waals surface area contributed by atoms with Gasteiger partial charge in [-0.25, -0.2) is 4.98 Å². The summed E-state index contributed by atoms with van der Waals surface area (Å²) >= 11 is 0. The second kappa shape index (κ2) is 7.55. The Morgan fingerprint density at radius 2 is 1.87 bits per heavy atom. The number of nitrogens with zero attached hydrogens (tertiary/aromatic N) is 2. The molecule has 0 saturated carbocycles. The number of hydrogen-bond acceptors (Lipinski definition) is 3. The normalized spacial score (nSPS) is 11.5. The zero-order valence-electron chi connectivity index (χ0n) is 15.8. The van der Waals surface area contributed by atoms with Crippen molar-refractivity contribution in [1.82, 2.24) is 14.7 Å². The van der Waals surface area contributed by atoms with Crippen molar-refractivity contribution in [3.8, 4) is 22.9 Å². The predicted molar refractivity (Wildman–Crippen MR) is 106 cm³/mol. The standard InChI is InChI=1S/C22H16F3N3O2/c1-26-20(29)15-5-2-4-14(12-15)18-8-9-19-21(27-10-11-28(18)19)30-17-7-3-6-16(13-17)22(23,24)25/h2-13H,1H3,(H,26,29). The second-order valence-electron chi connectivity index (χ2n) is 6.49. The third kappa shape index (κ3) is 3.71. The van der Waals surface area contributed by atoms with Crippen molar-refractivity contribution in [2.24, 2.45) is 0 Å². The summed E-state index contributed by atoms with van der Waals surface area (Å²) in [6.45, 7) is 0. The minimum Gasteiger partial charge on any atom is -0.437 e. The molecular weight excluding hydrogens is 395 g/mol. The quantitative estimate of drug-likeness (QED) is 0.504. The zero-order chi connectivity index (χ0) is 21.3. The van der Waals surface area contributed by atoms with Crippen molar-refractivity contribution in [2.45, 2.75) is 6.18 Å². The highest BCUT2D eigenvalue weighted by atomic mass is 19.4. The van der Waals surface area contributed by atoms with E-state index in [4.69, 9.17) is 4.74 Å². The Kier molecular flexibility index (Phi) is 4.91. The monoisotopic (exact) mass is 411 g/mol.